The molecule has 7 heteroatoms. The molecule has 0 aliphatic heterocycles. The van der Waals surface area contributed by atoms with Crippen molar-refractivity contribution in [1.82, 2.24) is 20.6 Å². The molecule has 1 aromatic rings. The molecular formula is C12H18N4O3. The molecule has 3 unspecified atom stereocenters. The number of nitrogens with one attached hydrogen (secondary N) is 3. The first-order chi connectivity index (χ1) is 9.10. The molecule has 1 aliphatic carbocycles. The van der Waals surface area contributed by atoms with Crippen LogP contribution in [0.4, 0.5) is 4.79 Å². The number of urea groups is 1. The van der Waals surface area contributed by atoms with E-state index in [1.54, 1.807) is 6.20 Å². The number of carbonyl (C=O) groups is 2. The maximum Gasteiger partial charge on any atom is 0.326 e. The molecule has 2 amide bonds. The molecular weight excluding hydrogens is 248 g/mol. The van der Waals surface area contributed by atoms with Crippen LogP contribution in [-0.2, 0) is 11.2 Å². The fourth-order valence-electron chi connectivity index (χ4n) is 2.06. The van der Waals surface area contributed by atoms with Gasteiger partial charge in [-0.2, -0.15) is 0 Å². The molecule has 2 rings (SSSR count). The highest BCUT2D eigenvalue weighted by Gasteiger charge is 2.37. The van der Waals surface area contributed by atoms with E-state index in [4.69, 9.17) is 5.11 Å². The second kappa shape index (κ2) is 5.73. The molecule has 0 bridgehead atoms. The summed E-state index contributed by atoms with van der Waals surface area (Å²) in [6, 6.07) is -1.20. The minimum Gasteiger partial charge on any atom is -0.480 e. The first kappa shape index (κ1) is 13.4. The molecule has 1 saturated carbocycles. The quantitative estimate of drug-likeness (QED) is 0.601. The van der Waals surface area contributed by atoms with E-state index in [1.165, 1.54) is 6.33 Å². The van der Waals surface area contributed by atoms with Crippen LogP contribution in [0.15, 0.2) is 12.5 Å². The van der Waals surface area contributed by atoms with Gasteiger partial charge in [-0.15, -0.1) is 0 Å². The molecule has 1 aromatic heterocycles. The lowest BCUT2D eigenvalue weighted by Gasteiger charge is -2.14. The molecule has 1 fully saturated rings. The van der Waals surface area contributed by atoms with Gasteiger partial charge in [-0.05, 0) is 12.3 Å². The van der Waals surface area contributed by atoms with Crippen molar-refractivity contribution >= 4 is 12.0 Å². The van der Waals surface area contributed by atoms with E-state index in [0.717, 1.165) is 12.8 Å². The average Bonchev–Trinajstić information content (AvgIpc) is 2.90. The third-order valence-corrected chi connectivity index (χ3v) is 3.35. The maximum atomic E-state index is 11.7. The lowest BCUT2D eigenvalue weighted by atomic mass is 10.2. The fourth-order valence-corrected chi connectivity index (χ4v) is 2.06. The van der Waals surface area contributed by atoms with Crippen molar-refractivity contribution in [2.75, 3.05) is 0 Å². The van der Waals surface area contributed by atoms with Gasteiger partial charge in [0.15, 0.2) is 0 Å². The number of aromatic amines is 1. The molecule has 0 aromatic carbocycles. The van der Waals surface area contributed by atoms with Crippen molar-refractivity contribution in [2.45, 2.75) is 38.3 Å². The zero-order chi connectivity index (χ0) is 13.8. The molecule has 19 heavy (non-hydrogen) atoms. The van der Waals surface area contributed by atoms with E-state index in [0.29, 0.717) is 11.6 Å². The van der Waals surface area contributed by atoms with E-state index >= 15 is 0 Å². The van der Waals surface area contributed by atoms with Crippen LogP contribution in [0.5, 0.6) is 0 Å². The minimum absolute atomic E-state index is 0.185. The Morgan fingerprint density at radius 3 is 2.95 bits per heavy atom. The van der Waals surface area contributed by atoms with Crippen LogP contribution in [0.3, 0.4) is 0 Å². The lowest BCUT2D eigenvalue weighted by Crippen LogP contribution is -2.48. The Morgan fingerprint density at radius 2 is 2.42 bits per heavy atom. The number of carboxylic acid groups (broad SMARTS) is 1. The number of hydrogen-bond donors (Lipinski definition) is 4. The van der Waals surface area contributed by atoms with Crippen molar-refractivity contribution < 1.29 is 14.7 Å². The van der Waals surface area contributed by atoms with Gasteiger partial charge in [0.2, 0.25) is 0 Å². The summed E-state index contributed by atoms with van der Waals surface area (Å²) in [5, 5.41) is 14.3. The number of carboxylic acids is 1. The Hall–Kier alpha value is -2.05. The fraction of sp³-hybridized carbons (Fsp3) is 0.583. The first-order valence-electron chi connectivity index (χ1n) is 6.37. The Labute approximate surface area is 110 Å². The largest absolute Gasteiger partial charge is 0.480 e. The summed E-state index contributed by atoms with van der Waals surface area (Å²) in [5.74, 6) is -0.533. The average molecular weight is 266 g/mol. The molecule has 0 saturated heterocycles. The number of rotatable bonds is 6. The van der Waals surface area contributed by atoms with Gasteiger partial charge in [0.1, 0.15) is 6.04 Å². The second-order valence-corrected chi connectivity index (χ2v) is 4.80. The van der Waals surface area contributed by atoms with Crippen molar-refractivity contribution in [3.63, 3.8) is 0 Å². The normalized spacial score (nSPS) is 22.6. The lowest BCUT2D eigenvalue weighted by molar-refractivity contribution is -0.139. The van der Waals surface area contributed by atoms with Gasteiger partial charge in [0.25, 0.3) is 0 Å². The summed E-state index contributed by atoms with van der Waals surface area (Å²) in [7, 11) is 0. The van der Waals surface area contributed by atoms with Crippen molar-refractivity contribution in [3.8, 4) is 0 Å². The molecule has 0 spiro atoms. The summed E-state index contributed by atoms with van der Waals surface area (Å²) in [5.41, 5.74) is 0.672. The van der Waals surface area contributed by atoms with E-state index in [9.17, 15) is 9.59 Å². The topological polar surface area (TPSA) is 107 Å². The number of H-pyrrole nitrogens is 1. The Kier molecular flexibility index (Phi) is 4.03. The molecule has 1 heterocycles. The van der Waals surface area contributed by atoms with E-state index in [-0.39, 0.29) is 12.5 Å². The number of aromatic nitrogens is 2. The summed E-state index contributed by atoms with van der Waals surface area (Å²) in [6.45, 7) is 2.07. The van der Waals surface area contributed by atoms with Gasteiger partial charge in [-0.3, -0.25) is 0 Å². The van der Waals surface area contributed by atoms with Crippen LogP contribution >= 0.6 is 0 Å². The predicted octanol–water partition coefficient (Wildman–Crippen LogP) is 0.503. The standard InChI is InChI=1S/C12H18N4O3/c1-2-7-3-9(7)15-12(19)16-10(11(17)18)4-8-5-13-6-14-8/h5-7,9-10H,2-4H2,1H3,(H,13,14)(H,17,18)(H2,15,16,19). The zero-order valence-electron chi connectivity index (χ0n) is 10.7. The molecule has 104 valence electrons. The maximum absolute atomic E-state index is 11.7. The Balaban J connectivity index is 1.83. The monoisotopic (exact) mass is 266 g/mol. The van der Waals surface area contributed by atoms with Gasteiger partial charge >= 0.3 is 12.0 Å². The molecule has 1 aliphatic rings. The highest BCUT2D eigenvalue weighted by Crippen LogP contribution is 2.32. The first-order valence-corrected chi connectivity index (χ1v) is 6.37. The number of nitrogens with zero attached hydrogens (tertiary/aromatic N) is 1. The number of aliphatic carboxylic acids is 1. The summed E-state index contributed by atoms with van der Waals surface area (Å²) >= 11 is 0. The van der Waals surface area contributed by atoms with Crippen LogP contribution < -0.4 is 10.6 Å². The number of imidazole rings is 1. The highest BCUT2D eigenvalue weighted by atomic mass is 16.4. The Bertz CT molecular complexity index is 446. The van der Waals surface area contributed by atoms with E-state index < -0.39 is 18.0 Å². The third-order valence-electron chi connectivity index (χ3n) is 3.35. The van der Waals surface area contributed by atoms with Gasteiger partial charge in [0.05, 0.1) is 6.33 Å². The van der Waals surface area contributed by atoms with Crippen molar-refractivity contribution in [3.05, 3.63) is 18.2 Å². The second-order valence-electron chi connectivity index (χ2n) is 4.80. The minimum atomic E-state index is -1.06. The number of amides is 2. The van der Waals surface area contributed by atoms with Gasteiger partial charge < -0.3 is 20.7 Å². The van der Waals surface area contributed by atoms with Gasteiger partial charge in [0, 0.05) is 24.4 Å². The number of hydrogen-bond acceptors (Lipinski definition) is 3. The summed E-state index contributed by atoms with van der Waals surface area (Å²) in [4.78, 5) is 29.4. The Morgan fingerprint density at radius 1 is 1.63 bits per heavy atom. The van der Waals surface area contributed by atoms with E-state index in [2.05, 4.69) is 27.5 Å². The van der Waals surface area contributed by atoms with Crippen LogP contribution in [0.25, 0.3) is 0 Å². The summed E-state index contributed by atoms with van der Waals surface area (Å²) < 4.78 is 0. The molecule has 7 nitrogen and oxygen atoms in total. The molecule has 0 radical (unpaired) electrons. The van der Waals surface area contributed by atoms with Crippen LogP contribution in [-0.4, -0.2) is 39.2 Å². The van der Waals surface area contributed by atoms with Crippen LogP contribution in [0.1, 0.15) is 25.5 Å². The number of carbonyl (C=O) groups excluding carboxylic acids is 1. The molecule has 4 N–H and O–H groups in total. The van der Waals surface area contributed by atoms with Gasteiger partial charge in [-0.25, -0.2) is 14.6 Å². The zero-order valence-corrected chi connectivity index (χ0v) is 10.7. The van der Waals surface area contributed by atoms with Gasteiger partial charge in [-0.1, -0.05) is 13.3 Å². The predicted molar refractivity (Wildman–Crippen MR) is 67.6 cm³/mol. The van der Waals surface area contributed by atoms with Crippen LogP contribution in [0.2, 0.25) is 0 Å². The van der Waals surface area contributed by atoms with Crippen molar-refractivity contribution in [2.24, 2.45) is 5.92 Å². The highest BCUT2D eigenvalue weighted by molar-refractivity contribution is 5.83. The van der Waals surface area contributed by atoms with Crippen molar-refractivity contribution in [1.29, 1.82) is 0 Å². The smallest absolute Gasteiger partial charge is 0.326 e. The van der Waals surface area contributed by atoms with Crippen LogP contribution in [0, 0.1) is 5.92 Å². The van der Waals surface area contributed by atoms with E-state index in [1.807, 2.05) is 0 Å². The molecule has 3 atom stereocenters. The summed E-state index contributed by atoms with van der Waals surface area (Å²) in [6.07, 6.45) is 5.21. The third kappa shape index (κ3) is 3.70. The SMILES string of the molecule is CCC1CC1NC(=O)NC(Cc1cnc[nH]1)C(=O)O.